The first kappa shape index (κ1) is 27.1. The van der Waals surface area contributed by atoms with Gasteiger partial charge in [0.15, 0.2) is 23.2 Å². The van der Waals surface area contributed by atoms with Crippen LogP contribution in [0.25, 0.3) is 0 Å². The minimum Gasteiger partial charge on any atom is -0.493 e. The van der Waals surface area contributed by atoms with Crippen LogP contribution in [-0.2, 0) is 13.0 Å². The highest BCUT2D eigenvalue weighted by molar-refractivity contribution is 14.0. The summed E-state index contributed by atoms with van der Waals surface area (Å²) in [6.45, 7) is 8.50. The van der Waals surface area contributed by atoms with Gasteiger partial charge in [0.2, 0.25) is 0 Å². The van der Waals surface area contributed by atoms with E-state index in [2.05, 4.69) is 47.6 Å². The Labute approximate surface area is 203 Å². The predicted molar refractivity (Wildman–Crippen MR) is 136 cm³/mol. The first-order valence-electron chi connectivity index (χ1n) is 10.8. The summed E-state index contributed by atoms with van der Waals surface area (Å²) in [5, 5.41) is 10.9. The molecule has 2 N–H and O–H groups in total. The summed E-state index contributed by atoms with van der Waals surface area (Å²) < 4.78 is 16.1. The molecule has 0 atom stereocenters. The second-order valence-electron chi connectivity index (χ2n) is 7.15. The molecule has 8 heteroatoms. The zero-order chi connectivity index (χ0) is 21.8. The number of hydrogen-bond donors (Lipinski definition) is 2. The molecule has 31 heavy (non-hydrogen) atoms. The number of benzene rings is 1. The standard InChI is InChI=1S/C23H36N4O3.HI/c1-6-18(7-2)20-15-19(30-27-20)16-26-23(24-8-3)25-13-9-10-17-11-12-21(28-4)22(14-17)29-5;/h11-12,14-15,18H,6-10,13,16H2,1-5H3,(H2,24,25,26);1H. The number of aromatic nitrogens is 1. The van der Waals surface area contributed by atoms with Crippen LogP contribution in [0.3, 0.4) is 0 Å². The number of hydrogen-bond acceptors (Lipinski definition) is 5. The van der Waals surface area contributed by atoms with E-state index in [1.54, 1.807) is 14.2 Å². The molecule has 1 heterocycles. The summed E-state index contributed by atoms with van der Waals surface area (Å²) in [5.74, 6) is 3.54. The second kappa shape index (κ2) is 14.9. The number of aliphatic imine (C=N–C) groups is 1. The third-order valence-corrected chi connectivity index (χ3v) is 5.10. The van der Waals surface area contributed by atoms with Gasteiger partial charge < -0.3 is 24.6 Å². The SMILES string of the molecule is CCNC(=NCc1cc(C(CC)CC)no1)NCCCc1ccc(OC)c(OC)c1.I. The summed E-state index contributed by atoms with van der Waals surface area (Å²) in [6.07, 6.45) is 4.04. The van der Waals surface area contributed by atoms with E-state index < -0.39 is 0 Å². The van der Waals surface area contributed by atoms with Crippen LogP contribution < -0.4 is 20.1 Å². The molecule has 0 amide bonds. The molecule has 174 valence electrons. The predicted octanol–water partition coefficient (Wildman–Crippen LogP) is 4.90. The number of guanidine groups is 1. The zero-order valence-corrected chi connectivity index (χ0v) is 21.7. The summed E-state index contributed by atoms with van der Waals surface area (Å²) >= 11 is 0. The molecular formula is C23H37IN4O3. The molecule has 0 aliphatic heterocycles. The quantitative estimate of drug-likeness (QED) is 0.171. The van der Waals surface area contributed by atoms with Gasteiger partial charge >= 0.3 is 0 Å². The maximum absolute atomic E-state index is 5.47. The Kier molecular flexibility index (Phi) is 13.0. The minimum atomic E-state index is 0. The van der Waals surface area contributed by atoms with Gasteiger partial charge in [0, 0.05) is 25.1 Å². The molecule has 0 unspecified atom stereocenters. The molecule has 1 aromatic heterocycles. The maximum atomic E-state index is 5.47. The van der Waals surface area contributed by atoms with E-state index in [0.717, 1.165) is 67.7 Å². The second-order valence-corrected chi connectivity index (χ2v) is 7.15. The van der Waals surface area contributed by atoms with Gasteiger partial charge in [-0.05, 0) is 50.3 Å². The number of nitrogens with zero attached hydrogens (tertiary/aromatic N) is 2. The molecule has 0 fully saturated rings. The number of rotatable bonds is 12. The smallest absolute Gasteiger partial charge is 0.191 e. The van der Waals surface area contributed by atoms with E-state index in [1.807, 2.05) is 18.2 Å². The summed E-state index contributed by atoms with van der Waals surface area (Å²) in [5.41, 5.74) is 2.24. The Morgan fingerprint density at radius 3 is 2.45 bits per heavy atom. The highest BCUT2D eigenvalue weighted by Crippen LogP contribution is 2.28. The van der Waals surface area contributed by atoms with Gasteiger partial charge in [-0.15, -0.1) is 24.0 Å². The van der Waals surface area contributed by atoms with Crippen molar-refractivity contribution >= 4 is 29.9 Å². The van der Waals surface area contributed by atoms with E-state index in [-0.39, 0.29) is 24.0 Å². The van der Waals surface area contributed by atoms with Crippen LogP contribution in [0.1, 0.15) is 63.0 Å². The van der Waals surface area contributed by atoms with Crippen molar-refractivity contribution in [3.05, 3.63) is 41.3 Å². The van der Waals surface area contributed by atoms with E-state index in [4.69, 9.17) is 14.0 Å². The molecule has 0 radical (unpaired) electrons. The van der Waals surface area contributed by atoms with Crippen molar-refractivity contribution in [3.8, 4) is 11.5 Å². The Balaban J connectivity index is 0.00000480. The lowest BCUT2D eigenvalue weighted by atomic mass is 9.99. The summed E-state index contributed by atoms with van der Waals surface area (Å²) in [4.78, 5) is 4.63. The number of methoxy groups -OCH3 is 2. The maximum Gasteiger partial charge on any atom is 0.191 e. The van der Waals surface area contributed by atoms with Crippen LogP contribution >= 0.6 is 24.0 Å². The highest BCUT2D eigenvalue weighted by Gasteiger charge is 2.12. The van der Waals surface area contributed by atoms with Crippen molar-refractivity contribution in [3.63, 3.8) is 0 Å². The van der Waals surface area contributed by atoms with E-state index in [0.29, 0.717) is 12.5 Å². The molecule has 0 saturated carbocycles. The Morgan fingerprint density at radius 1 is 1.06 bits per heavy atom. The number of ether oxygens (including phenoxy) is 2. The number of nitrogens with one attached hydrogen (secondary N) is 2. The highest BCUT2D eigenvalue weighted by atomic mass is 127. The van der Waals surface area contributed by atoms with Crippen molar-refractivity contribution in [2.24, 2.45) is 4.99 Å². The molecule has 0 spiro atoms. The molecule has 0 aliphatic rings. The Bertz CT molecular complexity index is 791. The van der Waals surface area contributed by atoms with Crippen LogP contribution in [0.4, 0.5) is 0 Å². The first-order chi connectivity index (χ1) is 14.6. The first-order valence-corrected chi connectivity index (χ1v) is 10.8. The fourth-order valence-electron chi connectivity index (χ4n) is 3.34. The Hall–Kier alpha value is -1.97. The molecule has 0 saturated heterocycles. The third-order valence-electron chi connectivity index (χ3n) is 5.10. The van der Waals surface area contributed by atoms with Crippen LogP contribution in [0.15, 0.2) is 33.8 Å². The van der Waals surface area contributed by atoms with Crippen molar-refractivity contribution in [1.29, 1.82) is 0 Å². The molecule has 1 aromatic carbocycles. The molecule has 7 nitrogen and oxygen atoms in total. The van der Waals surface area contributed by atoms with Crippen molar-refractivity contribution in [1.82, 2.24) is 15.8 Å². The Morgan fingerprint density at radius 2 is 1.81 bits per heavy atom. The summed E-state index contributed by atoms with van der Waals surface area (Å²) in [6, 6.07) is 8.07. The van der Waals surface area contributed by atoms with Crippen LogP contribution in [-0.4, -0.2) is 38.4 Å². The van der Waals surface area contributed by atoms with E-state index in [1.165, 1.54) is 5.56 Å². The van der Waals surface area contributed by atoms with Gasteiger partial charge in [0.25, 0.3) is 0 Å². The van der Waals surface area contributed by atoms with Gasteiger partial charge in [0.1, 0.15) is 6.54 Å². The van der Waals surface area contributed by atoms with Gasteiger partial charge in [0.05, 0.1) is 19.9 Å². The largest absolute Gasteiger partial charge is 0.493 e. The van der Waals surface area contributed by atoms with Crippen LogP contribution in [0.2, 0.25) is 0 Å². The van der Waals surface area contributed by atoms with Crippen molar-refractivity contribution < 1.29 is 14.0 Å². The average molecular weight is 544 g/mol. The zero-order valence-electron chi connectivity index (χ0n) is 19.4. The fraction of sp³-hybridized carbons (Fsp3) is 0.565. The van der Waals surface area contributed by atoms with Crippen LogP contribution in [0, 0.1) is 0 Å². The lowest BCUT2D eigenvalue weighted by Gasteiger charge is -2.12. The molecule has 0 aliphatic carbocycles. The van der Waals surface area contributed by atoms with Gasteiger partial charge in [-0.3, -0.25) is 0 Å². The molecule has 2 aromatic rings. The molecule has 0 bridgehead atoms. The van der Waals surface area contributed by atoms with E-state index >= 15 is 0 Å². The van der Waals surface area contributed by atoms with Crippen molar-refractivity contribution in [2.75, 3.05) is 27.3 Å². The van der Waals surface area contributed by atoms with Crippen molar-refractivity contribution in [2.45, 2.75) is 58.9 Å². The number of halogens is 1. The van der Waals surface area contributed by atoms with E-state index in [9.17, 15) is 0 Å². The van der Waals surface area contributed by atoms with Crippen LogP contribution in [0.5, 0.6) is 11.5 Å². The molecule has 2 rings (SSSR count). The monoisotopic (exact) mass is 544 g/mol. The third kappa shape index (κ3) is 8.59. The summed E-state index contributed by atoms with van der Waals surface area (Å²) in [7, 11) is 3.30. The number of aryl methyl sites for hydroxylation is 1. The normalized spacial score (nSPS) is 11.2. The van der Waals surface area contributed by atoms with Gasteiger partial charge in [-0.1, -0.05) is 25.1 Å². The molecular weight excluding hydrogens is 507 g/mol. The lowest BCUT2D eigenvalue weighted by Crippen LogP contribution is -2.37. The topological polar surface area (TPSA) is 80.9 Å². The fourth-order valence-corrected chi connectivity index (χ4v) is 3.34. The lowest BCUT2D eigenvalue weighted by molar-refractivity contribution is 0.354. The average Bonchev–Trinajstić information content (AvgIpc) is 3.24. The van der Waals surface area contributed by atoms with Gasteiger partial charge in [-0.2, -0.15) is 0 Å². The minimum absolute atomic E-state index is 0. The van der Waals surface area contributed by atoms with Gasteiger partial charge in [-0.25, -0.2) is 4.99 Å².